The second-order valence-electron chi connectivity index (χ2n) is 7.42. The molecule has 0 bridgehead atoms. The number of furan rings is 1. The van der Waals surface area contributed by atoms with E-state index in [9.17, 15) is 9.59 Å². The average Bonchev–Trinajstić information content (AvgIpc) is 3.60. The number of hydrogen-bond donors (Lipinski definition) is 0. The molecule has 4 aromatic rings. The third-order valence-electron chi connectivity index (χ3n) is 5.16. The summed E-state index contributed by atoms with van der Waals surface area (Å²) in [7, 11) is 0. The van der Waals surface area contributed by atoms with Gasteiger partial charge in [-0.15, -0.1) is 0 Å². The maximum atomic E-state index is 12.9. The quantitative estimate of drug-likeness (QED) is 0.260. The highest BCUT2D eigenvalue weighted by Crippen LogP contribution is 2.33. The van der Waals surface area contributed by atoms with Gasteiger partial charge in [-0.05, 0) is 42.0 Å². The van der Waals surface area contributed by atoms with Gasteiger partial charge >= 0.3 is 5.97 Å². The van der Waals surface area contributed by atoms with E-state index in [0.29, 0.717) is 39.2 Å². The smallest absolute Gasteiger partial charge is 0.316 e. The number of carbonyl (C=O) groups excluding carboxylic acids is 2. The number of rotatable bonds is 7. The topological polar surface area (TPSA) is 98.1 Å². The zero-order valence-electron chi connectivity index (χ0n) is 17.7. The first-order valence-corrected chi connectivity index (χ1v) is 11.8. The lowest BCUT2D eigenvalue weighted by Crippen LogP contribution is -2.31. The third-order valence-corrected chi connectivity index (χ3v) is 6.21. The number of amides is 1. The molecule has 34 heavy (non-hydrogen) atoms. The summed E-state index contributed by atoms with van der Waals surface area (Å²) in [4.78, 5) is 29.4. The van der Waals surface area contributed by atoms with E-state index >= 15 is 0 Å². The van der Waals surface area contributed by atoms with Crippen molar-refractivity contribution in [3.05, 3.63) is 83.3 Å². The summed E-state index contributed by atoms with van der Waals surface area (Å²) < 4.78 is 16.3. The highest BCUT2D eigenvalue weighted by atomic mass is 35.5. The van der Waals surface area contributed by atoms with Gasteiger partial charge in [0.05, 0.1) is 12.0 Å². The number of para-hydroxylation sites is 2. The Bertz CT molecular complexity index is 1320. The maximum Gasteiger partial charge on any atom is 0.316 e. The Morgan fingerprint density at radius 3 is 2.71 bits per heavy atom. The minimum atomic E-state index is -0.559. The summed E-state index contributed by atoms with van der Waals surface area (Å²) in [6.45, 7) is -0.443. The fraction of sp³-hybridized carbons (Fsp3) is 0.167. The molecule has 172 valence electrons. The number of fused-ring (bicyclic) bond motifs is 1. The van der Waals surface area contributed by atoms with Crippen LogP contribution in [-0.2, 0) is 14.3 Å². The molecule has 1 aliphatic rings. The molecule has 8 nitrogen and oxygen atoms in total. The number of carbonyl (C=O) groups is 2. The number of benzene rings is 2. The Morgan fingerprint density at radius 1 is 1.12 bits per heavy atom. The van der Waals surface area contributed by atoms with Crippen LogP contribution < -0.4 is 0 Å². The zero-order valence-corrected chi connectivity index (χ0v) is 19.3. The summed E-state index contributed by atoms with van der Waals surface area (Å²) in [5, 5.41) is 6.78. The normalized spacial score (nSPS) is 15.5. The molecular formula is C24H18ClN3O5S. The van der Waals surface area contributed by atoms with Gasteiger partial charge in [0.15, 0.2) is 12.2 Å². The number of aromatic nitrogens is 1. The van der Waals surface area contributed by atoms with Crippen molar-refractivity contribution in [3.63, 3.8) is 0 Å². The first-order chi connectivity index (χ1) is 16.6. The summed E-state index contributed by atoms with van der Waals surface area (Å²) in [6, 6.07) is 17.7. The van der Waals surface area contributed by atoms with Crippen LogP contribution in [0.3, 0.4) is 0 Å². The lowest BCUT2D eigenvalue weighted by atomic mass is 10.0. The predicted molar refractivity (Wildman–Crippen MR) is 127 cm³/mol. The largest absolute Gasteiger partial charge is 0.467 e. The molecule has 1 amide bonds. The number of thioether (sulfide) groups is 1. The molecule has 2 aromatic heterocycles. The molecule has 2 aromatic carbocycles. The molecule has 1 aliphatic heterocycles. The molecule has 0 radical (unpaired) electrons. The summed E-state index contributed by atoms with van der Waals surface area (Å²) in [5.41, 5.74) is 2.91. The lowest BCUT2D eigenvalue weighted by Gasteiger charge is -2.19. The van der Waals surface area contributed by atoms with Crippen LogP contribution in [0.5, 0.6) is 0 Å². The number of hydrazone groups is 1. The first-order valence-electron chi connectivity index (χ1n) is 10.4. The van der Waals surface area contributed by atoms with Crippen LogP contribution in [0.1, 0.15) is 23.8 Å². The average molecular weight is 496 g/mol. The van der Waals surface area contributed by atoms with Crippen molar-refractivity contribution in [3.8, 4) is 0 Å². The maximum absolute atomic E-state index is 12.9. The Labute approximate surface area is 203 Å². The summed E-state index contributed by atoms with van der Waals surface area (Å²) >= 11 is 7.09. The second kappa shape index (κ2) is 9.74. The Hall–Kier alpha value is -3.56. The molecule has 0 aliphatic carbocycles. The van der Waals surface area contributed by atoms with Crippen LogP contribution in [0.2, 0.25) is 5.02 Å². The molecule has 0 saturated heterocycles. The van der Waals surface area contributed by atoms with Crippen molar-refractivity contribution < 1.29 is 23.2 Å². The van der Waals surface area contributed by atoms with Crippen LogP contribution in [0, 0.1) is 0 Å². The highest BCUT2D eigenvalue weighted by molar-refractivity contribution is 7.99. The van der Waals surface area contributed by atoms with Crippen LogP contribution >= 0.6 is 23.4 Å². The molecule has 1 atom stereocenters. The van der Waals surface area contributed by atoms with E-state index < -0.39 is 24.5 Å². The molecule has 0 spiro atoms. The lowest BCUT2D eigenvalue weighted by molar-refractivity contribution is -0.150. The summed E-state index contributed by atoms with van der Waals surface area (Å²) in [6.07, 6.45) is 2.00. The highest BCUT2D eigenvalue weighted by Gasteiger charge is 2.35. The molecule has 0 unspecified atom stereocenters. The minimum Gasteiger partial charge on any atom is -0.467 e. The monoisotopic (exact) mass is 495 g/mol. The van der Waals surface area contributed by atoms with E-state index in [4.69, 9.17) is 25.2 Å². The molecule has 0 N–H and O–H groups in total. The van der Waals surface area contributed by atoms with Gasteiger partial charge < -0.3 is 13.6 Å². The number of ether oxygens (including phenoxy) is 1. The Kier molecular flexibility index (Phi) is 6.37. The second-order valence-corrected chi connectivity index (χ2v) is 8.79. The van der Waals surface area contributed by atoms with Crippen molar-refractivity contribution in [1.82, 2.24) is 9.99 Å². The molecule has 3 heterocycles. The Balaban J connectivity index is 1.22. The van der Waals surface area contributed by atoms with Crippen molar-refractivity contribution in [1.29, 1.82) is 0 Å². The number of esters is 1. The number of hydrogen-bond acceptors (Lipinski definition) is 8. The van der Waals surface area contributed by atoms with Crippen molar-refractivity contribution in [2.24, 2.45) is 5.10 Å². The molecule has 5 rings (SSSR count). The van der Waals surface area contributed by atoms with Crippen LogP contribution in [-0.4, -0.2) is 39.9 Å². The summed E-state index contributed by atoms with van der Waals surface area (Å²) in [5.74, 6) is -0.457. The minimum absolute atomic E-state index is 0.0407. The Morgan fingerprint density at radius 2 is 1.94 bits per heavy atom. The number of halogens is 1. The van der Waals surface area contributed by atoms with Crippen molar-refractivity contribution in [2.75, 3.05) is 12.4 Å². The van der Waals surface area contributed by atoms with Crippen LogP contribution in [0.15, 0.2) is 86.1 Å². The van der Waals surface area contributed by atoms with Crippen LogP contribution in [0.25, 0.3) is 11.1 Å². The standard InChI is InChI=1S/C24H18ClN3O5S/c25-16-9-7-15(8-10-16)18-12-19(21-6-3-11-31-21)28(27-18)22(29)13-32-23(30)14-34-24-26-17-4-1-2-5-20(17)33-24/h1-11,19H,12-14H2/t19-/m1/s1. The van der Waals surface area contributed by atoms with E-state index in [1.54, 1.807) is 36.6 Å². The first kappa shape index (κ1) is 22.2. The van der Waals surface area contributed by atoms with Gasteiger partial charge in [0.2, 0.25) is 0 Å². The molecule has 10 heteroatoms. The fourth-order valence-electron chi connectivity index (χ4n) is 3.54. The molecular weight excluding hydrogens is 478 g/mol. The molecule has 0 fully saturated rings. The van der Waals surface area contributed by atoms with Crippen molar-refractivity contribution >= 4 is 52.1 Å². The fourth-order valence-corrected chi connectivity index (χ4v) is 4.31. The number of nitrogens with zero attached hydrogens (tertiary/aromatic N) is 3. The van der Waals surface area contributed by atoms with Gasteiger partial charge in [-0.1, -0.05) is 47.6 Å². The zero-order chi connectivity index (χ0) is 23.5. The van der Waals surface area contributed by atoms with Gasteiger partial charge in [0.25, 0.3) is 11.1 Å². The van der Waals surface area contributed by atoms with E-state index in [1.807, 2.05) is 30.3 Å². The van der Waals surface area contributed by atoms with Crippen LogP contribution in [0.4, 0.5) is 0 Å². The van der Waals surface area contributed by atoms with E-state index in [0.717, 1.165) is 17.3 Å². The van der Waals surface area contributed by atoms with Gasteiger partial charge in [-0.25, -0.2) is 9.99 Å². The van der Waals surface area contributed by atoms with Crippen molar-refractivity contribution in [2.45, 2.75) is 17.7 Å². The predicted octanol–water partition coefficient (Wildman–Crippen LogP) is 5.09. The van der Waals surface area contributed by atoms with Gasteiger partial charge in [0, 0.05) is 11.4 Å². The van der Waals surface area contributed by atoms with Gasteiger partial charge in [0.1, 0.15) is 23.1 Å². The van der Waals surface area contributed by atoms with E-state index in [1.165, 1.54) is 5.01 Å². The number of oxazole rings is 1. The third kappa shape index (κ3) is 4.85. The van der Waals surface area contributed by atoms with E-state index in [2.05, 4.69) is 10.1 Å². The SMILES string of the molecule is O=C(CSc1nc2ccccc2o1)OCC(=O)N1N=C(c2ccc(Cl)cc2)C[C@@H]1c1ccco1. The van der Waals surface area contributed by atoms with Gasteiger partial charge in [-0.3, -0.25) is 9.59 Å². The van der Waals surface area contributed by atoms with Gasteiger partial charge in [-0.2, -0.15) is 5.10 Å². The van der Waals surface area contributed by atoms with E-state index in [-0.39, 0.29) is 5.75 Å². The molecule has 0 saturated carbocycles.